The Morgan fingerprint density at radius 3 is 2.18 bits per heavy atom. The van der Waals surface area contributed by atoms with Crippen molar-refractivity contribution in [3.05, 3.63) is 30.1 Å². The molecular weight excluding hydrogens is 470 g/mol. The lowest BCUT2D eigenvalue weighted by Gasteiger charge is -2.34. The van der Waals surface area contributed by atoms with E-state index < -0.39 is 23.3 Å². The molecule has 2 aliphatic rings. The quantitative estimate of drug-likeness (QED) is 0.503. The molecular formula is C20H24F2N8O3S. The van der Waals surface area contributed by atoms with Crippen molar-refractivity contribution in [2.75, 3.05) is 68.2 Å². The average molecular weight is 495 g/mol. The van der Waals surface area contributed by atoms with Crippen molar-refractivity contribution in [3.8, 4) is 5.95 Å². The van der Waals surface area contributed by atoms with E-state index in [9.17, 15) is 13.0 Å². The van der Waals surface area contributed by atoms with Crippen LogP contribution in [-0.4, -0.2) is 96.5 Å². The lowest BCUT2D eigenvalue weighted by molar-refractivity contribution is 0.122. The van der Waals surface area contributed by atoms with Gasteiger partial charge in [0.05, 0.1) is 24.2 Å². The molecule has 4 heterocycles. The zero-order valence-corrected chi connectivity index (χ0v) is 19.1. The summed E-state index contributed by atoms with van der Waals surface area (Å²) >= 11 is -1.90. The minimum atomic E-state index is -2.82. The van der Waals surface area contributed by atoms with Gasteiger partial charge in [-0.15, -0.1) is 0 Å². The lowest BCUT2D eigenvalue weighted by atomic mass is 10.3. The van der Waals surface area contributed by atoms with E-state index in [-0.39, 0.29) is 11.8 Å². The Bertz CT molecular complexity index is 1180. The SMILES string of the molecule is O=S(O)CN1CCN(c2nc(N3CCOCC3)nc(-n3c(C(F)F)nc4ccccc43)n2)CC1. The number of halogens is 2. The number of hydrogen-bond donors (Lipinski definition) is 1. The van der Waals surface area contributed by atoms with Crippen LogP contribution in [-0.2, 0) is 15.8 Å². The number of anilines is 2. The van der Waals surface area contributed by atoms with Gasteiger partial charge in [0.25, 0.3) is 6.43 Å². The third kappa shape index (κ3) is 4.71. The van der Waals surface area contributed by atoms with Gasteiger partial charge in [0.15, 0.2) is 16.9 Å². The van der Waals surface area contributed by atoms with Gasteiger partial charge in [-0.3, -0.25) is 9.47 Å². The molecule has 5 rings (SSSR count). The minimum absolute atomic E-state index is 0.0775. The Labute approximate surface area is 196 Å². The maximum Gasteiger partial charge on any atom is 0.296 e. The van der Waals surface area contributed by atoms with Gasteiger partial charge >= 0.3 is 0 Å². The number of imidazole rings is 1. The van der Waals surface area contributed by atoms with Crippen LogP contribution in [0.15, 0.2) is 24.3 Å². The Balaban J connectivity index is 1.56. The highest BCUT2D eigenvalue weighted by atomic mass is 32.2. The van der Waals surface area contributed by atoms with E-state index in [1.165, 1.54) is 4.57 Å². The third-order valence-electron chi connectivity index (χ3n) is 5.82. The van der Waals surface area contributed by atoms with Crippen molar-refractivity contribution in [3.63, 3.8) is 0 Å². The van der Waals surface area contributed by atoms with Gasteiger partial charge in [0.1, 0.15) is 5.88 Å². The van der Waals surface area contributed by atoms with Gasteiger partial charge in [0.2, 0.25) is 17.8 Å². The van der Waals surface area contributed by atoms with Crippen molar-refractivity contribution in [2.45, 2.75) is 6.43 Å². The predicted octanol–water partition coefficient (Wildman–Crippen LogP) is 1.29. The Hall–Kier alpha value is -2.81. The molecule has 1 aromatic carbocycles. The zero-order valence-electron chi connectivity index (χ0n) is 18.3. The summed E-state index contributed by atoms with van der Waals surface area (Å²) in [5, 5.41) is 0. The highest BCUT2D eigenvalue weighted by molar-refractivity contribution is 7.79. The van der Waals surface area contributed by atoms with Crippen molar-refractivity contribution in [1.29, 1.82) is 0 Å². The van der Waals surface area contributed by atoms with Crippen LogP contribution >= 0.6 is 0 Å². The zero-order chi connectivity index (χ0) is 23.7. The number of alkyl halides is 2. The van der Waals surface area contributed by atoms with Gasteiger partial charge in [0, 0.05) is 39.3 Å². The monoisotopic (exact) mass is 494 g/mol. The van der Waals surface area contributed by atoms with Crippen molar-refractivity contribution >= 4 is 34.0 Å². The first kappa shape index (κ1) is 23.0. The summed E-state index contributed by atoms with van der Waals surface area (Å²) in [6, 6.07) is 6.88. The Morgan fingerprint density at radius 1 is 0.912 bits per heavy atom. The highest BCUT2D eigenvalue weighted by Gasteiger charge is 2.27. The smallest absolute Gasteiger partial charge is 0.296 e. The Morgan fingerprint density at radius 2 is 1.53 bits per heavy atom. The standard InChI is InChI=1S/C20H24F2N8O3S/c21-16(22)17-23-14-3-1-2-4-15(14)30(17)20-25-18(24-19(26-20)29-9-11-33-12-10-29)28-7-5-27(6-8-28)13-34(31)32/h1-4,16H,5-13H2,(H,31,32). The second-order valence-electron chi connectivity index (χ2n) is 7.99. The topological polar surface area (TPSA) is 113 Å². The number of aromatic nitrogens is 5. The van der Waals surface area contributed by atoms with Crippen LogP contribution in [0.1, 0.15) is 12.2 Å². The molecule has 0 amide bonds. The largest absolute Gasteiger partial charge is 0.378 e. The molecule has 0 bridgehead atoms. The summed E-state index contributed by atoms with van der Waals surface area (Å²) in [6.45, 7) is 4.34. The van der Waals surface area contributed by atoms with Gasteiger partial charge < -0.3 is 19.1 Å². The van der Waals surface area contributed by atoms with E-state index in [0.717, 1.165) is 0 Å². The fourth-order valence-electron chi connectivity index (χ4n) is 4.12. The number of morpholine rings is 1. The van der Waals surface area contributed by atoms with E-state index >= 15 is 0 Å². The Kier molecular flexibility index (Phi) is 6.63. The van der Waals surface area contributed by atoms with Gasteiger partial charge in [-0.05, 0) is 12.1 Å². The van der Waals surface area contributed by atoms with Crippen molar-refractivity contribution in [2.24, 2.45) is 0 Å². The van der Waals surface area contributed by atoms with E-state index in [1.807, 2.05) is 14.7 Å². The average Bonchev–Trinajstić information content (AvgIpc) is 3.25. The molecule has 0 radical (unpaired) electrons. The summed E-state index contributed by atoms with van der Waals surface area (Å²) in [5.74, 6) is 0.485. The first-order valence-corrected chi connectivity index (χ1v) is 12.2. The molecule has 0 spiro atoms. The van der Waals surface area contributed by atoms with Crippen LogP contribution in [0.25, 0.3) is 17.0 Å². The fourth-order valence-corrected chi connectivity index (χ4v) is 4.69. The van der Waals surface area contributed by atoms with Crippen LogP contribution in [0, 0.1) is 0 Å². The number of ether oxygens (including phenoxy) is 1. The summed E-state index contributed by atoms with van der Waals surface area (Å²) in [4.78, 5) is 23.7. The van der Waals surface area contributed by atoms with Gasteiger partial charge in [-0.1, -0.05) is 12.1 Å². The van der Waals surface area contributed by atoms with Crippen LogP contribution in [0.5, 0.6) is 0 Å². The van der Waals surface area contributed by atoms with E-state index in [2.05, 4.69) is 19.9 Å². The van der Waals surface area contributed by atoms with Crippen molar-refractivity contribution in [1.82, 2.24) is 29.4 Å². The summed E-state index contributed by atoms with van der Waals surface area (Å²) < 4.78 is 55.0. The molecule has 11 nitrogen and oxygen atoms in total. The van der Waals surface area contributed by atoms with Crippen molar-refractivity contribution < 1.29 is 22.3 Å². The molecule has 2 fully saturated rings. The maximum absolute atomic E-state index is 14.0. The molecule has 3 aromatic rings. The predicted molar refractivity (Wildman–Crippen MR) is 122 cm³/mol. The number of para-hydroxylation sites is 2. The minimum Gasteiger partial charge on any atom is -0.378 e. The van der Waals surface area contributed by atoms with E-state index in [1.54, 1.807) is 24.3 Å². The molecule has 1 N–H and O–H groups in total. The molecule has 34 heavy (non-hydrogen) atoms. The van der Waals surface area contributed by atoms with Crippen LogP contribution < -0.4 is 9.80 Å². The van der Waals surface area contributed by atoms with Crippen LogP contribution in [0.4, 0.5) is 20.7 Å². The van der Waals surface area contributed by atoms with E-state index in [4.69, 9.17) is 9.29 Å². The molecule has 182 valence electrons. The molecule has 0 saturated carbocycles. The molecule has 1 unspecified atom stereocenters. The molecule has 2 aliphatic heterocycles. The highest BCUT2D eigenvalue weighted by Crippen LogP contribution is 2.28. The first-order valence-electron chi connectivity index (χ1n) is 10.9. The number of rotatable bonds is 6. The normalized spacial score (nSPS) is 18.7. The second kappa shape index (κ2) is 9.82. The summed E-state index contributed by atoms with van der Waals surface area (Å²) in [6.07, 6.45) is -2.82. The van der Waals surface area contributed by atoms with Gasteiger partial charge in [-0.25, -0.2) is 18.0 Å². The molecule has 14 heteroatoms. The first-order chi connectivity index (χ1) is 16.5. The number of piperazine rings is 1. The maximum atomic E-state index is 14.0. The lowest BCUT2D eigenvalue weighted by Crippen LogP contribution is -2.48. The fraction of sp³-hybridized carbons (Fsp3) is 0.500. The molecule has 2 saturated heterocycles. The summed E-state index contributed by atoms with van der Waals surface area (Å²) in [5.41, 5.74) is 0.913. The second-order valence-corrected chi connectivity index (χ2v) is 8.89. The van der Waals surface area contributed by atoms with E-state index in [0.29, 0.717) is 75.4 Å². The molecule has 0 aliphatic carbocycles. The number of hydrogen-bond acceptors (Lipinski definition) is 9. The summed E-state index contributed by atoms with van der Waals surface area (Å²) in [7, 11) is 0. The number of nitrogens with zero attached hydrogens (tertiary/aromatic N) is 8. The number of fused-ring (bicyclic) bond motifs is 1. The molecule has 1 atom stereocenters. The van der Waals surface area contributed by atoms with Crippen LogP contribution in [0.2, 0.25) is 0 Å². The number of benzene rings is 1. The van der Waals surface area contributed by atoms with Crippen LogP contribution in [0.3, 0.4) is 0 Å². The molecule has 2 aromatic heterocycles. The third-order valence-corrected chi connectivity index (χ3v) is 6.41. The van der Waals surface area contributed by atoms with Gasteiger partial charge in [-0.2, -0.15) is 15.0 Å².